The molecule has 0 unspecified atom stereocenters. The summed E-state index contributed by atoms with van der Waals surface area (Å²) in [4.78, 5) is 32.2. The summed E-state index contributed by atoms with van der Waals surface area (Å²) in [6.45, 7) is 13.6. The fourth-order valence-corrected chi connectivity index (χ4v) is 3.93. The highest BCUT2D eigenvalue weighted by Crippen LogP contribution is 2.26. The number of nitrogens with one attached hydrogen (secondary N) is 1. The Kier molecular flexibility index (Phi) is 9.39. The highest BCUT2D eigenvalue weighted by atomic mass is 32.1. The summed E-state index contributed by atoms with van der Waals surface area (Å²) >= 11 is 1.45. The third kappa shape index (κ3) is 9.33. The predicted molar refractivity (Wildman–Crippen MR) is 111 cm³/mol. The Balaban J connectivity index is 2.68. The molecule has 0 bridgehead atoms. The number of carbonyl (C=O) groups is 2. The molecule has 1 atom stereocenters. The smallest absolute Gasteiger partial charge is 0.245 e. The third-order valence-corrected chi connectivity index (χ3v) is 5.21. The summed E-state index contributed by atoms with van der Waals surface area (Å²) < 4.78 is 5.09. The van der Waals surface area contributed by atoms with E-state index >= 15 is 0 Å². The van der Waals surface area contributed by atoms with Gasteiger partial charge in [0.2, 0.25) is 11.8 Å². The number of hydrogen-bond donors (Lipinski definition) is 1. The Hall–Kier alpha value is -1.47. The monoisotopic (exact) mass is 397 g/mol. The second-order valence-electron chi connectivity index (χ2n) is 8.44. The minimum absolute atomic E-state index is 0.0181. The van der Waals surface area contributed by atoms with Gasteiger partial charge in [0.1, 0.15) is 0 Å². The van der Waals surface area contributed by atoms with Crippen LogP contribution in [0.5, 0.6) is 0 Å². The second kappa shape index (κ2) is 10.8. The number of carbonyl (C=O) groups excluding carboxylic acids is 2. The number of methoxy groups -OCH3 is 1. The van der Waals surface area contributed by atoms with Gasteiger partial charge in [0.25, 0.3) is 0 Å². The Morgan fingerprint density at radius 1 is 1.30 bits per heavy atom. The molecular weight excluding hydrogens is 362 g/mol. The molecule has 0 aliphatic carbocycles. The number of thiazole rings is 1. The summed E-state index contributed by atoms with van der Waals surface area (Å²) in [6, 6.07) is 0. The van der Waals surface area contributed by atoms with Gasteiger partial charge in [-0.2, -0.15) is 0 Å². The van der Waals surface area contributed by atoms with Crippen molar-refractivity contribution < 1.29 is 14.3 Å². The first-order valence-corrected chi connectivity index (χ1v) is 10.3. The molecule has 1 rings (SSSR count). The highest BCUT2D eigenvalue weighted by molar-refractivity contribution is 7.15. The number of nitrogens with zero attached hydrogens (tertiary/aromatic N) is 2. The van der Waals surface area contributed by atoms with E-state index in [0.29, 0.717) is 31.1 Å². The van der Waals surface area contributed by atoms with Crippen LogP contribution in [0.25, 0.3) is 0 Å². The second-order valence-corrected chi connectivity index (χ2v) is 9.65. The normalized spacial score (nSPS) is 12.7. The minimum Gasteiger partial charge on any atom is -0.385 e. The van der Waals surface area contributed by atoms with Gasteiger partial charge in [-0.15, -0.1) is 11.3 Å². The minimum atomic E-state index is -0.210. The molecule has 27 heavy (non-hydrogen) atoms. The lowest BCUT2D eigenvalue weighted by atomic mass is 9.84. The summed E-state index contributed by atoms with van der Waals surface area (Å²) in [5.41, 5.74) is 1.10. The molecule has 1 heterocycles. The molecule has 0 fully saturated rings. The summed E-state index contributed by atoms with van der Waals surface area (Å²) in [7, 11) is 1.64. The molecule has 0 spiro atoms. The molecule has 1 N–H and O–H groups in total. The summed E-state index contributed by atoms with van der Waals surface area (Å²) in [5, 5.41) is 3.40. The molecule has 7 heteroatoms. The molecule has 2 amide bonds. The van der Waals surface area contributed by atoms with Crippen molar-refractivity contribution in [3.05, 3.63) is 10.6 Å². The lowest BCUT2D eigenvalue weighted by Crippen LogP contribution is -2.39. The maximum absolute atomic E-state index is 12.8. The number of aromatic nitrogens is 1. The molecule has 154 valence electrons. The maximum Gasteiger partial charge on any atom is 0.245 e. The van der Waals surface area contributed by atoms with Gasteiger partial charge in [0.05, 0.1) is 12.2 Å². The van der Waals surface area contributed by atoms with E-state index in [4.69, 9.17) is 4.74 Å². The van der Waals surface area contributed by atoms with Crippen LogP contribution in [0.15, 0.2) is 0 Å². The van der Waals surface area contributed by atoms with E-state index in [1.165, 1.54) is 11.3 Å². The molecule has 6 nitrogen and oxygen atoms in total. The van der Waals surface area contributed by atoms with Gasteiger partial charge < -0.3 is 15.0 Å². The van der Waals surface area contributed by atoms with E-state index in [9.17, 15) is 9.59 Å². The largest absolute Gasteiger partial charge is 0.385 e. The van der Waals surface area contributed by atoms with Crippen molar-refractivity contribution in [2.75, 3.05) is 32.1 Å². The number of aryl methyl sites for hydroxylation is 2. The van der Waals surface area contributed by atoms with Crippen LogP contribution < -0.4 is 5.32 Å². The van der Waals surface area contributed by atoms with Crippen LogP contribution in [0.1, 0.15) is 57.5 Å². The van der Waals surface area contributed by atoms with Crippen molar-refractivity contribution in [2.45, 2.75) is 60.8 Å². The van der Waals surface area contributed by atoms with Crippen LogP contribution in [0.2, 0.25) is 0 Å². The lowest BCUT2D eigenvalue weighted by molar-refractivity contribution is -0.135. The van der Waals surface area contributed by atoms with Crippen LogP contribution in [-0.2, 0) is 14.3 Å². The zero-order chi connectivity index (χ0) is 20.6. The van der Waals surface area contributed by atoms with E-state index in [1.807, 2.05) is 13.8 Å². The van der Waals surface area contributed by atoms with Crippen molar-refractivity contribution >= 4 is 28.3 Å². The van der Waals surface area contributed by atoms with Crippen LogP contribution in [0.4, 0.5) is 5.13 Å². The maximum atomic E-state index is 12.8. The zero-order valence-electron chi connectivity index (χ0n) is 17.8. The van der Waals surface area contributed by atoms with E-state index in [0.717, 1.165) is 17.0 Å². The van der Waals surface area contributed by atoms with Gasteiger partial charge in [-0.05, 0) is 38.0 Å². The Labute approximate surface area is 167 Å². The van der Waals surface area contributed by atoms with Crippen LogP contribution >= 0.6 is 11.3 Å². The standard InChI is InChI=1S/C20H35N3O3S/c1-14(12-20(4,5)6)11-18(25)23(9-8-10-26-7)13-17(24)22-19-21-15(2)16(3)27-19/h14H,8-13H2,1-7H3,(H,21,22,24)/t14-/m1/s1. The molecule has 0 radical (unpaired) electrons. The first-order chi connectivity index (χ1) is 12.5. The van der Waals surface area contributed by atoms with Gasteiger partial charge in [-0.3, -0.25) is 9.59 Å². The Morgan fingerprint density at radius 2 is 1.96 bits per heavy atom. The van der Waals surface area contributed by atoms with Crippen LogP contribution in [-0.4, -0.2) is 48.5 Å². The molecule has 0 aliphatic heterocycles. The lowest BCUT2D eigenvalue weighted by Gasteiger charge is -2.26. The predicted octanol–water partition coefficient (Wildman–Crippen LogP) is 4.03. The quantitative estimate of drug-likeness (QED) is 0.605. The van der Waals surface area contributed by atoms with Crippen molar-refractivity contribution in [3.8, 4) is 0 Å². The molecular formula is C20H35N3O3S. The number of amides is 2. The van der Waals surface area contributed by atoms with E-state index in [-0.39, 0.29) is 29.7 Å². The van der Waals surface area contributed by atoms with E-state index in [2.05, 4.69) is 38.0 Å². The number of anilines is 1. The fraction of sp³-hybridized carbons (Fsp3) is 0.750. The molecule has 0 saturated heterocycles. The first-order valence-electron chi connectivity index (χ1n) is 9.52. The van der Waals surface area contributed by atoms with Crippen molar-refractivity contribution in [1.29, 1.82) is 0 Å². The molecule has 1 aromatic rings. The van der Waals surface area contributed by atoms with Crippen LogP contribution in [0, 0.1) is 25.2 Å². The first kappa shape index (κ1) is 23.6. The Bertz CT molecular complexity index is 603. The molecule has 0 saturated carbocycles. The third-order valence-electron chi connectivity index (χ3n) is 4.22. The summed E-state index contributed by atoms with van der Waals surface area (Å²) in [5.74, 6) is 0.0808. The number of hydrogen-bond acceptors (Lipinski definition) is 5. The highest BCUT2D eigenvalue weighted by Gasteiger charge is 2.22. The fourth-order valence-electron chi connectivity index (χ4n) is 3.09. The molecule has 0 aliphatic rings. The van der Waals surface area contributed by atoms with Crippen LogP contribution in [0.3, 0.4) is 0 Å². The van der Waals surface area contributed by atoms with Crippen molar-refractivity contribution in [3.63, 3.8) is 0 Å². The van der Waals surface area contributed by atoms with Gasteiger partial charge >= 0.3 is 0 Å². The molecule has 0 aromatic carbocycles. The van der Waals surface area contributed by atoms with Crippen molar-refractivity contribution in [2.24, 2.45) is 11.3 Å². The molecule has 1 aromatic heterocycles. The Morgan fingerprint density at radius 3 is 2.48 bits per heavy atom. The average molecular weight is 398 g/mol. The van der Waals surface area contributed by atoms with Crippen molar-refractivity contribution in [1.82, 2.24) is 9.88 Å². The van der Waals surface area contributed by atoms with Gasteiger partial charge in [-0.1, -0.05) is 27.7 Å². The number of ether oxygens (including phenoxy) is 1. The van der Waals surface area contributed by atoms with E-state index < -0.39 is 0 Å². The van der Waals surface area contributed by atoms with Gasteiger partial charge in [0.15, 0.2) is 5.13 Å². The van der Waals surface area contributed by atoms with E-state index in [1.54, 1.807) is 12.0 Å². The SMILES string of the molecule is COCCCN(CC(=O)Nc1nc(C)c(C)s1)C(=O)C[C@@H](C)CC(C)(C)C. The zero-order valence-corrected chi connectivity index (χ0v) is 18.7. The van der Waals surface area contributed by atoms with Gasteiger partial charge in [0, 0.05) is 31.6 Å². The topological polar surface area (TPSA) is 71.5 Å². The van der Waals surface area contributed by atoms with Gasteiger partial charge in [-0.25, -0.2) is 4.98 Å². The average Bonchev–Trinajstić information content (AvgIpc) is 2.82. The summed E-state index contributed by atoms with van der Waals surface area (Å²) in [6.07, 6.45) is 2.13. The number of rotatable bonds is 10.